The first-order valence-electron chi connectivity index (χ1n) is 8.71. The Kier molecular flexibility index (Phi) is 5.74. The number of aryl methyl sites for hydroxylation is 2. The Bertz CT molecular complexity index is 984. The number of carbonyl (C=O) groups excluding carboxylic acids is 1. The average molecular weight is 378 g/mol. The molecule has 0 atom stereocenters. The summed E-state index contributed by atoms with van der Waals surface area (Å²) in [4.78, 5) is 21.3. The van der Waals surface area contributed by atoms with Crippen molar-refractivity contribution in [2.45, 2.75) is 13.8 Å². The molecule has 28 heavy (non-hydrogen) atoms. The highest BCUT2D eigenvalue weighted by molar-refractivity contribution is 6.04. The number of anilines is 3. The Labute approximate surface area is 163 Å². The van der Waals surface area contributed by atoms with Gasteiger partial charge in [-0.3, -0.25) is 4.79 Å². The summed E-state index contributed by atoms with van der Waals surface area (Å²) in [5, 5.41) is 6.00. The zero-order valence-corrected chi connectivity index (χ0v) is 16.2. The summed E-state index contributed by atoms with van der Waals surface area (Å²) in [6, 6.07) is 12.7. The number of ether oxygens (including phenoxy) is 2. The normalized spacial score (nSPS) is 10.3. The van der Waals surface area contributed by atoms with E-state index in [1.165, 1.54) is 7.11 Å². The summed E-state index contributed by atoms with van der Waals surface area (Å²) in [5.74, 6) is 1.11. The van der Waals surface area contributed by atoms with Crippen LogP contribution in [0, 0.1) is 13.8 Å². The lowest BCUT2D eigenvalue weighted by Crippen LogP contribution is -2.15. The fourth-order valence-electron chi connectivity index (χ4n) is 2.77. The van der Waals surface area contributed by atoms with Crippen LogP contribution in [0.15, 0.2) is 48.7 Å². The van der Waals surface area contributed by atoms with Crippen LogP contribution in [0.2, 0.25) is 0 Å². The second-order valence-electron chi connectivity index (χ2n) is 6.18. The summed E-state index contributed by atoms with van der Waals surface area (Å²) in [6.07, 6.45) is 1.54. The molecule has 0 fully saturated rings. The highest BCUT2D eigenvalue weighted by Crippen LogP contribution is 2.29. The van der Waals surface area contributed by atoms with E-state index in [0.29, 0.717) is 23.1 Å². The number of amides is 1. The van der Waals surface area contributed by atoms with Crippen molar-refractivity contribution in [1.82, 2.24) is 9.97 Å². The van der Waals surface area contributed by atoms with Crippen LogP contribution in [0.3, 0.4) is 0 Å². The van der Waals surface area contributed by atoms with Crippen LogP contribution in [0.4, 0.5) is 17.3 Å². The van der Waals surface area contributed by atoms with Crippen molar-refractivity contribution in [2.24, 2.45) is 0 Å². The van der Waals surface area contributed by atoms with Crippen LogP contribution in [0.5, 0.6) is 11.5 Å². The maximum Gasteiger partial charge on any atom is 0.274 e. The maximum absolute atomic E-state index is 12.7. The average Bonchev–Trinajstić information content (AvgIpc) is 2.71. The van der Waals surface area contributed by atoms with Gasteiger partial charge < -0.3 is 20.1 Å². The Balaban J connectivity index is 1.83. The van der Waals surface area contributed by atoms with Crippen LogP contribution < -0.4 is 20.1 Å². The van der Waals surface area contributed by atoms with Crippen molar-refractivity contribution in [3.8, 4) is 11.5 Å². The van der Waals surface area contributed by atoms with Gasteiger partial charge in [-0.1, -0.05) is 18.2 Å². The van der Waals surface area contributed by atoms with Crippen molar-refractivity contribution in [2.75, 3.05) is 24.9 Å². The van der Waals surface area contributed by atoms with Gasteiger partial charge in [0.15, 0.2) is 0 Å². The van der Waals surface area contributed by atoms with Gasteiger partial charge in [0.1, 0.15) is 17.2 Å². The van der Waals surface area contributed by atoms with E-state index in [1.54, 1.807) is 37.6 Å². The molecule has 0 bridgehead atoms. The molecule has 1 aromatic heterocycles. The first kappa shape index (κ1) is 19.2. The molecule has 1 amide bonds. The van der Waals surface area contributed by atoms with Crippen molar-refractivity contribution in [3.05, 3.63) is 65.5 Å². The lowest BCUT2D eigenvalue weighted by atomic mass is 10.1. The van der Waals surface area contributed by atoms with Crippen molar-refractivity contribution in [3.63, 3.8) is 0 Å². The van der Waals surface area contributed by atoms with Crippen LogP contribution in [-0.4, -0.2) is 30.1 Å². The molecule has 0 unspecified atom stereocenters. The third-order valence-electron chi connectivity index (χ3n) is 4.26. The third-order valence-corrected chi connectivity index (χ3v) is 4.26. The van der Waals surface area contributed by atoms with Crippen LogP contribution in [0.25, 0.3) is 0 Å². The number of hydrogen-bond acceptors (Lipinski definition) is 6. The third kappa shape index (κ3) is 4.20. The first-order valence-corrected chi connectivity index (χ1v) is 8.71. The molecule has 3 aromatic rings. The Hall–Kier alpha value is -3.61. The molecule has 1 heterocycles. The highest BCUT2D eigenvalue weighted by Gasteiger charge is 2.14. The van der Waals surface area contributed by atoms with Crippen LogP contribution in [-0.2, 0) is 0 Å². The molecule has 7 nitrogen and oxygen atoms in total. The van der Waals surface area contributed by atoms with Gasteiger partial charge >= 0.3 is 0 Å². The number of aromatic nitrogens is 2. The van der Waals surface area contributed by atoms with E-state index in [2.05, 4.69) is 20.6 Å². The molecule has 3 rings (SSSR count). The van der Waals surface area contributed by atoms with Crippen molar-refractivity contribution < 1.29 is 14.3 Å². The molecule has 0 radical (unpaired) electrons. The number of carbonyl (C=O) groups is 1. The molecule has 0 spiro atoms. The van der Waals surface area contributed by atoms with Gasteiger partial charge in [-0.2, -0.15) is 0 Å². The number of benzene rings is 2. The van der Waals surface area contributed by atoms with Gasteiger partial charge in [0, 0.05) is 18.0 Å². The quantitative estimate of drug-likeness (QED) is 0.671. The Morgan fingerprint density at radius 1 is 1.00 bits per heavy atom. The van der Waals surface area contributed by atoms with E-state index in [-0.39, 0.29) is 11.6 Å². The summed E-state index contributed by atoms with van der Waals surface area (Å²) >= 11 is 0. The highest BCUT2D eigenvalue weighted by atomic mass is 16.5. The summed E-state index contributed by atoms with van der Waals surface area (Å²) in [7, 11) is 3.10. The molecule has 0 aliphatic carbocycles. The fraction of sp³-hybridized carbons (Fsp3) is 0.190. The van der Waals surface area contributed by atoms with E-state index in [1.807, 2.05) is 32.0 Å². The van der Waals surface area contributed by atoms with Crippen molar-refractivity contribution in [1.29, 1.82) is 0 Å². The molecule has 0 saturated heterocycles. The van der Waals surface area contributed by atoms with Gasteiger partial charge in [0.05, 0.1) is 19.9 Å². The van der Waals surface area contributed by atoms with Gasteiger partial charge in [-0.05, 0) is 43.2 Å². The second-order valence-corrected chi connectivity index (χ2v) is 6.18. The largest absolute Gasteiger partial charge is 0.497 e. The van der Waals surface area contributed by atoms with E-state index in [4.69, 9.17) is 9.47 Å². The standard InChI is InChI=1S/C21H22N4O3/c1-13-6-5-7-14(2)19(13)25-21-22-11-10-16(24-21)20(26)23-17-12-15(27-3)8-9-18(17)28-4/h5-12H,1-4H3,(H,23,26)(H,22,24,25). The van der Waals surface area contributed by atoms with Gasteiger partial charge in [-0.15, -0.1) is 0 Å². The molecule has 2 aromatic carbocycles. The summed E-state index contributed by atoms with van der Waals surface area (Å²) < 4.78 is 10.5. The number of methoxy groups -OCH3 is 2. The van der Waals surface area contributed by atoms with Crippen LogP contribution in [0.1, 0.15) is 21.6 Å². The predicted molar refractivity (Wildman–Crippen MR) is 109 cm³/mol. The summed E-state index contributed by atoms with van der Waals surface area (Å²) in [6.45, 7) is 4.00. The van der Waals surface area contributed by atoms with E-state index in [0.717, 1.165) is 16.8 Å². The predicted octanol–water partition coefficient (Wildman–Crippen LogP) is 4.11. The van der Waals surface area contributed by atoms with E-state index in [9.17, 15) is 4.79 Å². The number of hydrogen-bond donors (Lipinski definition) is 2. The minimum atomic E-state index is -0.376. The fourth-order valence-corrected chi connectivity index (χ4v) is 2.77. The van der Waals surface area contributed by atoms with Gasteiger partial charge in [-0.25, -0.2) is 9.97 Å². The lowest BCUT2D eigenvalue weighted by molar-refractivity contribution is 0.102. The molecule has 0 aliphatic rings. The number of rotatable bonds is 6. The minimum Gasteiger partial charge on any atom is -0.497 e. The van der Waals surface area contributed by atoms with E-state index < -0.39 is 0 Å². The van der Waals surface area contributed by atoms with Crippen LogP contribution >= 0.6 is 0 Å². The monoisotopic (exact) mass is 378 g/mol. The maximum atomic E-state index is 12.7. The molecular formula is C21H22N4O3. The number of nitrogens with zero attached hydrogens (tertiary/aromatic N) is 2. The molecule has 0 aliphatic heterocycles. The minimum absolute atomic E-state index is 0.230. The second kappa shape index (κ2) is 8.39. The molecule has 0 saturated carbocycles. The molecule has 2 N–H and O–H groups in total. The van der Waals surface area contributed by atoms with Gasteiger partial charge in [0.2, 0.25) is 5.95 Å². The summed E-state index contributed by atoms with van der Waals surface area (Å²) in [5.41, 5.74) is 3.79. The topological polar surface area (TPSA) is 85.4 Å². The molecular weight excluding hydrogens is 356 g/mol. The zero-order valence-electron chi connectivity index (χ0n) is 16.2. The van der Waals surface area contributed by atoms with E-state index >= 15 is 0 Å². The first-order chi connectivity index (χ1) is 13.5. The Morgan fingerprint density at radius 3 is 2.43 bits per heavy atom. The smallest absolute Gasteiger partial charge is 0.274 e. The zero-order chi connectivity index (χ0) is 20.1. The number of para-hydroxylation sites is 1. The van der Waals surface area contributed by atoms with Crippen molar-refractivity contribution >= 4 is 23.2 Å². The number of nitrogens with one attached hydrogen (secondary N) is 2. The molecule has 7 heteroatoms. The Morgan fingerprint density at radius 2 is 1.75 bits per heavy atom. The molecule has 144 valence electrons. The van der Waals surface area contributed by atoms with Gasteiger partial charge in [0.25, 0.3) is 5.91 Å². The lowest BCUT2D eigenvalue weighted by Gasteiger charge is -2.13. The SMILES string of the molecule is COc1ccc(OC)c(NC(=O)c2ccnc(Nc3c(C)cccc3C)n2)c1.